The first kappa shape index (κ1) is 15.5. The van der Waals surface area contributed by atoms with Crippen LogP contribution < -0.4 is 5.32 Å². The van der Waals surface area contributed by atoms with Crippen LogP contribution in [0.4, 0.5) is 11.4 Å². The van der Waals surface area contributed by atoms with Crippen molar-refractivity contribution in [2.24, 2.45) is 4.99 Å². The van der Waals surface area contributed by atoms with Crippen LogP contribution in [0.3, 0.4) is 0 Å². The van der Waals surface area contributed by atoms with Gasteiger partial charge in [0.25, 0.3) is 0 Å². The van der Waals surface area contributed by atoms with Crippen molar-refractivity contribution in [3.8, 4) is 0 Å². The molecule has 4 nitrogen and oxygen atoms in total. The summed E-state index contributed by atoms with van der Waals surface area (Å²) >= 11 is 0. The highest BCUT2D eigenvalue weighted by Crippen LogP contribution is 2.12. The van der Waals surface area contributed by atoms with Crippen LogP contribution in [0.1, 0.15) is 12.8 Å². The van der Waals surface area contributed by atoms with E-state index in [-0.39, 0.29) is 6.42 Å². The Balaban J connectivity index is 2.08. The Morgan fingerprint density at radius 2 is 1.64 bits per heavy atom. The Morgan fingerprint density at radius 1 is 1.00 bits per heavy atom. The first-order valence-corrected chi connectivity index (χ1v) is 7.05. The molecule has 0 unspecified atom stereocenters. The predicted octanol–water partition coefficient (Wildman–Crippen LogP) is 4.25. The molecule has 0 saturated heterocycles. The van der Waals surface area contributed by atoms with E-state index in [1.54, 1.807) is 12.4 Å². The highest BCUT2D eigenvalue weighted by atomic mass is 16.4. The molecule has 0 atom stereocenters. The van der Waals surface area contributed by atoms with Gasteiger partial charge in [-0.1, -0.05) is 36.4 Å². The molecule has 0 aromatic heterocycles. The lowest BCUT2D eigenvalue weighted by atomic mass is 10.1. The quantitative estimate of drug-likeness (QED) is 0.750. The fourth-order valence-corrected chi connectivity index (χ4v) is 1.81. The molecule has 2 aromatic carbocycles. The standard InChI is InChI=1S/C18H18N2O2/c21-18(22)12-11-15(13-19-16-7-3-1-4-8-16)14-20-17-9-5-2-6-10-17/h1-10,13-14,19H,11-12H2,(H,21,22)/b15-13+,20-14?. The smallest absolute Gasteiger partial charge is 0.303 e. The topological polar surface area (TPSA) is 61.7 Å². The van der Waals surface area contributed by atoms with E-state index in [0.717, 1.165) is 16.9 Å². The van der Waals surface area contributed by atoms with E-state index >= 15 is 0 Å². The molecule has 2 N–H and O–H groups in total. The monoisotopic (exact) mass is 294 g/mol. The molecule has 4 heteroatoms. The Hall–Kier alpha value is -2.88. The van der Waals surface area contributed by atoms with Crippen LogP contribution in [0.15, 0.2) is 77.4 Å². The summed E-state index contributed by atoms with van der Waals surface area (Å²) in [5.41, 5.74) is 2.61. The van der Waals surface area contributed by atoms with Crippen LogP contribution in [0.2, 0.25) is 0 Å². The fraction of sp³-hybridized carbons (Fsp3) is 0.111. The Bertz CT molecular complexity index is 649. The van der Waals surface area contributed by atoms with Gasteiger partial charge in [-0.3, -0.25) is 9.79 Å². The summed E-state index contributed by atoms with van der Waals surface area (Å²) in [6.07, 6.45) is 3.99. The summed E-state index contributed by atoms with van der Waals surface area (Å²) in [6, 6.07) is 19.3. The molecule has 2 aromatic rings. The fourth-order valence-electron chi connectivity index (χ4n) is 1.81. The van der Waals surface area contributed by atoms with E-state index in [4.69, 9.17) is 5.11 Å². The number of carboxylic acid groups (broad SMARTS) is 1. The third-order valence-electron chi connectivity index (χ3n) is 2.96. The van der Waals surface area contributed by atoms with E-state index in [0.29, 0.717) is 6.42 Å². The minimum Gasteiger partial charge on any atom is -0.481 e. The van der Waals surface area contributed by atoms with Gasteiger partial charge >= 0.3 is 5.97 Å². The molecule has 0 heterocycles. The maximum absolute atomic E-state index is 10.8. The second kappa shape index (κ2) is 8.42. The van der Waals surface area contributed by atoms with Crippen LogP contribution in [0.5, 0.6) is 0 Å². The molecule has 22 heavy (non-hydrogen) atoms. The van der Waals surface area contributed by atoms with Gasteiger partial charge in [-0.2, -0.15) is 0 Å². The SMILES string of the molecule is O=C(O)CC/C(C=Nc1ccccc1)=C\Nc1ccccc1. The Labute approximate surface area is 129 Å². The van der Waals surface area contributed by atoms with Crippen molar-refractivity contribution >= 4 is 23.6 Å². The summed E-state index contributed by atoms with van der Waals surface area (Å²) < 4.78 is 0. The maximum atomic E-state index is 10.8. The number of aliphatic imine (C=N–C) groups is 1. The van der Waals surface area contributed by atoms with E-state index in [9.17, 15) is 4.79 Å². The Morgan fingerprint density at radius 3 is 2.27 bits per heavy atom. The van der Waals surface area contributed by atoms with Crippen LogP contribution >= 0.6 is 0 Å². The lowest BCUT2D eigenvalue weighted by molar-refractivity contribution is -0.136. The third kappa shape index (κ3) is 5.63. The molecule has 2 rings (SSSR count). The zero-order chi connectivity index (χ0) is 15.6. The number of carbonyl (C=O) groups is 1. The van der Waals surface area contributed by atoms with Crippen LogP contribution in [0.25, 0.3) is 0 Å². The molecule has 0 aliphatic heterocycles. The number of rotatable bonds is 7. The number of aliphatic carboxylic acids is 1. The third-order valence-corrected chi connectivity index (χ3v) is 2.96. The summed E-state index contributed by atoms with van der Waals surface area (Å²) in [5, 5.41) is 12.0. The van der Waals surface area contributed by atoms with Crippen molar-refractivity contribution in [3.05, 3.63) is 72.4 Å². The second-order valence-electron chi connectivity index (χ2n) is 4.72. The second-order valence-corrected chi connectivity index (χ2v) is 4.72. The van der Waals surface area contributed by atoms with Crippen LogP contribution in [-0.2, 0) is 4.79 Å². The molecule has 0 radical (unpaired) electrons. The van der Waals surface area contributed by atoms with Crippen molar-refractivity contribution in [1.29, 1.82) is 0 Å². The number of allylic oxidation sites excluding steroid dienone is 1. The molecule has 0 fully saturated rings. The maximum Gasteiger partial charge on any atom is 0.303 e. The van der Waals surface area contributed by atoms with Crippen molar-refractivity contribution in [1.82, 2.24) is 0 Å². The van der Waals surface area contributed by atoms with Crippen molar-refractivity contribution in [2.45, 2.75) is 12.8 Å². The minimum atomic E-state index is -0.821. The molecule has 0 spiro atoms. The van der Waals surface area contributed by atoms with Gasteiger partial charge in [0.05, 0.1) is 5.69 Å². The van der Waals surface area contributed by atoms with Gasteiger partial charge in [0.15, 0.2) is 0 Å². The van der Waals surface area contributed by atoms with E-state index < -0.39 is 5.97 Å². The van der Waals surface area contributed by atoms with Gasteiger partial charge < -0.3 is 10.4 Å². The lowest BCUT2D eigenvalue weighted by Crippen LogP contribution is -1.99. The molecular weight excluding hydrogens is 276 g/mol. The van der Waals surface area contributed by atoms with Gasteiger partial charge in [-0.05, 0) is 36.3 Å². The number of hydrogen-bond donors (Lipinski definition) is 2. The molecule has 0 amide bonds. The van der Waals surface area contributed by atoms with Gasteiger partial charge in [-0.25, -0.2) is 0 Å². The van der Waals surface area contributed by atoms with Crippen molar-refractivity contribution in [3.63, 3.8) is 0 Å². The zero-order valence-corrected chi connectivity index (χ0v) is 12.1. The molecule has 0 saturated carbocycles. The van der Waals surface area contributed by atoms with E-state index in [1.165, 1.54) is 0 Å². The molecule has 0 bridgehead atoms. The average Bonchev–Trinajstić information content (AvgIpc) is 2.56. The van der Waals surface area contributed by atoms with Crippen molar-refractivity contribution in [2.75, 3.05) is 5.32 Å². The predicted molar refractivity (Wildman–Crippen MR) is 89.6 cm³/mol. The van der Waals surface area contributed by atoms with E-state index in [1.807, 2.05) is 60.7 Å². The van der Waals surface area contributed by atoms with Crippen LogP contribution in [0, 0.1) is 0 Å². The summed E-state index contributed by atoms with van der Waals surface area (Å²) in [5.74, 6) is -0.821. The average molecular weight is 294 g/mol. The summed E-state index contributed by atoms with van der Waals surface area (Å²) in [6.45, 7) is 0. The number of nitrogens with zero attached hydrogens (tertiary/aromatic N) is 1. The Kier molecular flexibility index (Phi) is 5.93. The lowest BCUT2D eigenvalue weighted by Gasteiger charge is -2.03. The highest BCUT2D eigenvalue weighted by Gasteiger charge is 2.00. The first-order chi connectivity index (χ1) is 10.7. The molecule has 112 valence electrons. The van der Waals surface area contributed by atoms with E-state index in [2.05, 4.69) is 10.3 Å². The summed E-state index contributed by atoms with van der Waals surface area (Å²) in [7, 11) is 0. The minimum absolute atomic E-state index is 0.0725. The van der Waals surface area contributed by atoms with Crippen molar-refractivity contribution < 1.29 is 9.90 Å². The number of hydrogen-bond acceptors (Lipinski definition) is 3. The van der Waals surface area contributed by atoms with Gasteiger partial charge in [0.1, 0.15) is 0 Å². The molecular formula is C18H18N2O2. The number of benzene rings is 2. The molecule has 0 aliphatic rings. The first-order valence-electron chi connectivity index (χ1n) is 7.05. The van der Waals surface area contributed by atoms with Gasteiger partial charge in [0.2, 0.25) is 0 Å². The highest BCUT2D eigenvalue weighted by molar-refractivity contribution is 5.82. The molecule has 0 aliphatic carbocycles. The van der Waals surface area contributed by atoms with Crippen LogP contribution in [-0.4, -0.2) is 17.3 Å². The zero-order valence-electron chi connectivity index (χ0n) is 12.1. The normalized spacial score (nSPS) is 11.5. The van der Waals surface area contributed by atoms with Gasteiger partial charge in [0, 0.05) is 24.5 Å². The summed E-state index contributed by atoms with van der Waals surface area (Å²) in [4.78, 5) is 15.1. The number of carboxylic acids is 1. The largest absolute Gasteiger partial charge is 0.481 e. The van der Waals surface area contributed by atoms with Gasteiger partial charge in [-0.15, -0.1) is 0 Å². The number of para-hydroxylation sites is 2. The number of anilines is 1. The number of nitrogens with one attached hydrogen (secondary N) is 1.